The van der Waals surface area contributed by atoms with Crippen LogP contribution in [-0.2, 0) is 16.2 Å². The molecule has 2 aromatic carbocycles. The average molecular weight is 353 g/mol. The number of amides is 1. The Morgan fingerprint density at radius 2 is 2.04 bits per heavy atom. The molecule has 1 atom stereocenters. The third-order valence-corrected chi connectivity index (χ3v) is 4.09. The van der Waals surface area contributed by atoms with Crippen LogP contribution in [-0.4, -0.2) is 17.9 Å². The fraction of sp³-hybridized carbons (Fsp3) is 0.222. The number of rotatable bonds is 5. The number of nitrogens with zero attached hydrogens (tertiary/aromatic N) is 3. The number of hydrogen-bond acceptors (Lipinski definition) is 6. The summed E-state index contributed by atoms with van der Waals surface area (Å²) in [5, 5.41) is 22.1. The number of ether oxygens (including phenoxy) is 1. The summed E-state index contributed by atoms with van der Waals surface area (Å²) in [6, 6.07) is 14.1. The summed E-state index contributed by atoms with van der Waals surface area (Å²) >= 11 is 0. The molecule has 132 valence electrons. The number of nitro groups is 1. The Kier molecular flexibility index (Phi) is 4.82. The van der Waals surface area contributed by atoms with Crippen LogP contribution < -0.4 is 9.80 Å². The van der Waals surface area contributed by atoms with Crippen LogP contribution >= 0.6 is 0 Å². The Hall–Kier alpha value is -3.44. The van der Waals surface area contributed by atoms with E-state index in [1.807, 2.05) is 36.4 Å². The minimum Gasteiger partial charge on any atom is -0.482 e. The Bertz CT molecular complexity index is 892. The summed E-state index contributed by atoms with van der Waals surface area (Å²) in [6.07, 6.45) is -0.194. The monoisotopic (exact) mass is 353 g/mol. The van der Waals surface area contributed by atoms with Gasteiger partial charge in [0.2, 0.25) is 0 Å². The van der Waals surface area contributed by atoms with Gasteiger partial charge in [-0.2, -0.15) is 10.3 Å². The summed E-state index contributed by atoms with van der Waals surface area (Å²) in [6.45, 7) is 0.143. The van der Waals surface area contributed by atoms with Crippen molar-refractivity contribution >= 4 is 17.3 Å². The maximum atomic E-state index is 12.1. The topological polar surface area (TPSA) is 106 Å². The largest absolute Gasteiger partial charge is 0.482 e. The molecule has 0 aromatic heterocycles. The molecule has 0 N–H and O–H groups in total. The van der Waals surface area contributed by atoms with Crippen molar-refractivity contribution in [2.45, 2.75) is 18.9 Å². The summed E-state index contributed by atoms with van der Waals surface area (Å²) < 4.78 is 5.64. The van der Waals surface area contributed by atoms with Crippen molar-refractivity contribution in [3.8, 4) is 11.8 Å². The molecule has 1 amide bonds. The standard InChI is InChI=1S/C18H15N3O5/c1-25-20-14-7-8-15(26-11-12-5-3-2-4-6-12)18(21(23)24)17(14)13(10-19)9-16(20)22/h2-8,13H,9,11H2,1H3. The molecule has 0 radical (unpaired) electrons. The summed E-state index contributed by atoms with van der Waals surface area (Å²) in [5.74, 6) is -1.33. The highest BCUT2D eigenvalue weighted by Crippen LogP contribution is 2.46. The fourth-order valence-corrected chi connectivity index (χ4v) is 2.94. The molecular weight excluding hydrogens is 338 g/mol. The quantitative estimate of drug-likeness (QED) is 0.604. The molecule has 8 nitrogen and oxygen atoms in total. The molecule has 0 bridgehead atoms. The molecule has 3 rings (SSSR count). The molecule has 0 saturated carbocycles. The Labute approximate surface area is 149 Å². The Balaban J connectivity index is 2.06. The van der Waals surface area contributed by atoms with Crippen LogP contribution in [0.25, 0.3) is 0 Å². The van der Waals surface area contributed by atoms with Crippen molar-refractivity contribution < 1.29 is 19.3 Å². The first-order valence-electron chi connectivity index (χ1n) is 7.81. The number of hydrogen-bond donors (Lipinski definition) is 0. The lowest BCUT2D eigenvalue weighted by Crippen LogP contribution is -2.36. The van der Waals surface area contributed by atoms with Gasteiger partial charge in [0.05, 0.1) is 35.3 Å². The first-order chi connectivity index (χ1) is 12.6. The van der Waals surface area contributed by atoms with E-state index in [0.717, 1.165) is 10.6 Å². The highest BCUT2D eigenvalue weighted by atomic mass is 16.7. The lowest BCUT2D eigenvalue weighted by molar-refractivity contribution is -0.386. The van der Waals surface area contributed by atoms with E-state index in [4.69, 9.17) is 9.57 Å². The number of hydroxylamine groups is 1. The molecule has 26 heavy (non-hydrogen) atoms. The van der Waals surface area contributed by atoms with E-state index in [-0.39, 0.29) is 35.7 Å². The van der Waals surface area contributed by atoms with Gasteiger partial charge in [0.15, 0.2) is 5.75 Å². The number of carbonyl (C=O) groups is 1. The van der Waals surface area contributed by atoms with Gasteiger partial charge < -0.3 is 4.74 Å². The second-order valence-corrected chi connectivity index (χ2v) is 5.63. The average Bonchev–Trinajstić information content (AvgIpc) is 2.65. The van der Waals surface area contributed by atoms with Crippen LogP contribution in [0.5, 0.6) is 5.75 Å². The van der Waals surface area contributed by atoms with Gasteiger partial charge in [0.25, 0.3) is 5.91 Å². The molecule has 0 aliphatic carbocycles. The smallest absolute Gasteiger partial charge is 0.317 e. The van der Waals surface area contributed by atoms with Gasteiger partial charge in [-0.25, -0.2) is 0 Å². The molecular formula is C18H15N3O5. The van der Waals surface area contributed by atoms with Crippen molar-refractivity contribution in [3.63, 3.8) is 0 Å². The van der Waals surface area contributed by atoms with Gasteiger partial charge in [-0.15, -0.1) is 0 Å². The number of anilines is 1. The van der Waals surface area contributed by atoms with Crippen molar-refractivity contribution in [2.75, 3.05) is 12.2 Å². The molecule has 2 aromatic rings. The zero-order valence-electron chi connectivity index (χ0n) is 13.9. The van der Waals surface area contributed by atoms with E-state index >= 15 is 0 Å². The third-order valence-electron chi connectivity index (χ3n) is 4.09. The number of fused-ring (bicyclic) bond motifs is 1. The van der Waals surface area contributed by atoms with Gasteiger partial charge in [-0.3, -0.25) is 19.7 Å². The molecule has 8 heteroatoms. The van der Waals surface area contributed by atoms with E-state index in [2.05, 4.69) is 0 Å². The van der Waals surface area contributed by atoms with Crippen LogP contribution in [0.4, 0.5) is 11.4 Å². The SMILES string of the molecule is CON1C(=O)CC(C#N)c2c1ccc(OCc1ccccc1)c2[N+](=O)[O-]. The van der Waals surface area contributed by atoms with Crippen LogP contribution in [0.1, 0.15) is 23.5 Å². The van der Waals surface area contributed by atoms with Gasteiger partial charge >= 0.3 is 5.69 Å². The minimum atomic E-state index is -0.940. The Morgan fingerprint density at radius 3 is 2.65 bits per heavy atom. The van der Waals surface area contributed by atoms with Gasteiger partial charge in [-0.05, 0) is 17.7 Å². The van der Waals surface area contributed by atoms with E-state index in [1.165, 1.54) is 19.2 Å². The molecule has 1 unspecified atom stereocenters. The highest BCUT2D eigenvalue weighted by molar-refractivity contribution is 5.97. The van der Waals surface area contributed by atoms with E-state index < -0.39 is 16.7 Å². The summed E-state index contributed by atoms with van der Waals surface area (Å²) in [4.78, 5) is 28.2. The maximum absolute atomic E-state index is 12.1. The molecule has 0 spiro atoms. The molecule has 1 aliphatic rings. The lowest BCUT2D eigenvalue weighted by Gasteiger charge is -2.29. The summed E-state index contributed by atoms with van der Waals surface area (Å²) in [7, 11) is 1.29. The van der Waals surface area contributed by atoms with Crippen LogP contribution in [0.3, 0.4) is 0 Å². The normalized spacial score (nSPS) is 15.9. The van der Waals surface area contributed by atoms with Gasteiger partial charge in [-0.1, -0.05) is 30.3 Å². The van der Waals surface area contributed by atoms with Crippen molar-refractivity contribution in [3.05, 3.63) is 63.7 Å². The van der Waals surface area contributed by atoms with Crippen LogP contribution in [0, 0.1) is 21.4 Å². The zero-order valence-corrected chi connectivity index (χ0v) is 13.9. The molecule has 0 saturated heterocycles. The van der Waals surface area contributed by atoms with E-state index in [0.29, 0.717) is 0 Å². The predicted octanol–water partition coefficient (Wildman–Crippen LogP) is 3.08. The number of nitro benzene ring substituents is 1. The number of benzene rings is 2. The first-order valence-corrected chi connectivity index (χ1v) is 7.81. The number of nitriles is 1. The highest BCUT2D eigenvalue weighted by Gasteiger charge is 2.39. The fourth-order valence-electron chi connectivity index (χ4n) is 2.94. The van der Waals surface area contributed by atoms with Crippen molar-refractivity contribution in [1.82, 2.24) is 0 Å². The maximum Gasteiger partial charge on any atom is 0.317 e. The second-order valence-electron chi connectivity index (χ2n) is 5.63. The van der Waals surface area contributed by atoms with Crippen LogP contribution in [0.2, 0.25) is 0 Å². The van der Waals surface area contributed by atoms with Gasteiger partial charge in [0, 0.05) is 6.42 Å². The van der Waals surface area contributed by atoms with E-state index in [9.17, 15) is 20.2 Å². The third kappa shape index (κ3) is 3.08. The van der Waals surface area contributed by atoms with E-state index in [1.54, 1.807) is 0 Å². The molecule has 1 heterocycles. The summed E-state index contributed by atoms with van der Waals surface area (Å²) in [5.41, 5.74) is 0.850. The second kappa shape index (κ2) is 7.21. The first kappa shape index (κ1) is 17.4. The minimum absolute atomic E-state index is 0.0447. The van der Waals surface area contributed by atoms with Crippen molar-refractivity contribution in [1.29, 1.82) is 5.26 Å². The zero-order chi connectivity index (χ0) is 18.7. The molecule has 0 fully saturated rings. The predicted molar refractivity (Wildman–Crippen MR) is 91.3 cm³/mol. The van der Waals surface area contributed by atoms with Gasteiger partial charge in [0.1, 0.15) is 6.61 Å². The van der Waals surface area contributed by atoms with Crippen LogP contribution in [0.15, 0.2) is 42.5 Å². The lowest BCUT2D eigenvalue weighted by atomic mass is 9.89. The number of carbonyl (C=O) groups excluding carboxylic acids is 1. The van der Waals surface area contributed by atoms with Crippen molar-refractivity contribution in [2.24, 2.45) is 0 Å². The molecule has 1 aliphatic heterocycles. The Morgan fingerprint density at radius 1 is 1.31 bits per heavy atom.